The molecule has 0 bridgehead atoms. The molecule has 0 aliphatic heterocycles. The van der Waals surface area contributed by atoms with Crippen LogP contribution in [0.1, 0.15) is 0 Å². The summed E-state index contributed by atoms with van der Waals surface area (Å²) < 4.78 is 18.4. The molecule has 39 heavy (non-hydrogen) atoms. The van der Waals surface area contributed by atoms with Gasteiger partial charge in [-0.1, -0.05) is 12.1 Å². The van der Waals surface area contributed by atoms with Gasteiger partial charge in [0.05, 0.1) is 0 Å². The zero-order valence-electron chi connectivity index (χ0n) is 22.0. The van der Waals surface area contributed by atoms with E-state index in [0.717, 1.165) is 23.7 Å². The fourth-order valence-corrected chi connectivity index (χ4v) is 9.12. The quantitative estimate of drug-likeness (QED) is 0.135. The fourth-order valence-electron chi connectivity index (χ4n) is 2.66. The Hall–Kier alpha value is -4.61. The molecule has 0 atom stereocenters. The van der Waals surface area contributed by atoms with Gasteiger partial charge in [0.2, 0.25) is 11.8 Å². The summed E-state index contributed by atoms with van der Waals surface area (Å²) in [6.45, 7) is 7.97. The van der Waals surface area contributed by atoms with Gasteiger partial charge in [0.25, 0.3) is 0 Å². The molecule has 2 amide bonds. The average Bonchev–Trinajstić information content (AvgIpc) is 2.75. The second-order valence-electron chi connectivity index (χ2n) is 8.40. The molecule has 0 heterocycles. The molecule has 2 aromatic carbocycles. The van der Waals surface area contributed by atoms with Crippen LogP contribution in [0.2, 0.25) is 26.2 Å². The van der Waals surface area contributed by atoms with E-state index in [2.05, 4.69) is 11.5 Å². The average molecular weight is 579 g/mol. The maximum Gasteiger partial charge on any atom is 0.384 e. The number of hydrogen-bond donors (Lipinski definition) is 6. The summed E-state index contributed by atoms with van der Waals surface area (Å²) in [4.78, 5) is 38.8. The molecule has 10 N–H and O–H groups in total. The zero-order chi connectivity index (χ0) is 30.2. The molecule has 2 aromatic rings. The van der Waals surface area contributed by atoms with Crippen molar-refractivity contribution < 1.29 is 42.4 Å². The first-order valence-electron chi connectivity index (χ1n) is 11.1. The molecule has 0 unspecified atom stereocenters. The largest absolute Gasteiger partial charge is 0.521 e. The molecule has 15 heteroatoms. The smallest absolute Gasteiger partial charge is 0.384 e. The van der Waals surface area contributed by atoms with E-state index in [9.17, 15) is 19.2 Å². The maximum atomic E-state index is 9.78. The molecular weight excluding hydrogens is 544 g/mol. The normalized spacial score (nSPS) is 11.0. The Morgan fingerprint density at radius 3 is 1.23 bits per heavy atom. The summed E-state index contributed by atoms with van der Waals surface area (Å²) in [5, 5.41) is 15.7. The van der Waals surface area contributed by atoms with Crippen LogP contribution in [0.15, 0.2) is 72.8 Å². The summed E-state index contributed by atoms with van der Waals surface area (Å²) in [5.74, 6) is -2.43. The molecule has 212 valence electrons. The highest BCUT2D eigenvalue weighted by molar-refractivity contribution is 6.79. The van der Waals surface area contributed by atoms with Crippen LogP contribution in [0.25, 0.3) is 0 Å². The molecular formula is C24H34N4O9Si2. The van der Waals surface area contributed by atoms with Gasteiger partial charge in [-0.05, 0) is 50.5 Å². The Balaban J connectivity index is 0.000000742. The lowest BCUT2D eigenvalue weighted by atomic mass is 10.3. The van der Waals surface area contributed by atoms with Crippen LogP contribution in [0.4, 0.5) is 11.4 Å². The van der Waals surface area contributed by atoms with Crippen LogP contribution in [0.5, 0.6) is 11.5 Å². The van der Waals surface area contributed by atoms with E-state index in [1.54, 1.807) is 12.1 Å². The van der Waals surface area contributed by atoms with E-state index in [1.807, 2.05) is 62.6 Å². The lowest BCUT2D eigenvalue weighted by molar-refractivity contribution is -0.132. The van der Waals surface area contributed by atoms with Crippen LogP contribution in [0.3, 0.4) is 0 Å². The SMILES string of the molecule is C[Si](C)(Oc1cccc(N)c1)O[Si](C)(C)Oc1cccc(N)c1.NC(=O)/C=C\C(=O)O.NC(=O)/C=C\C(=O)O. The van der Waals surface area contributed by atoms with Crippen molar-refractivity contribution >= 4 is 52.2 Å². The van der Waals surface area contributed by atoms with Crippen LogP contribution in [-0.2, 0) is 23.3 Å². The van der Waals surface area contributed by atoms with Crippen molar-refractivity contribution in [1.29, 1.82) is 0 Å². The Bertz CT molecular complexity index is 1080. The van der Waals surface area contributed by atoms with Crippen LogP contribution in [-0.4, -0.2) is 51.1 Å². The summed E-state index contributed by atoms with van der Waals surface area (Å²) in [5.41, 5.74) is 22.0. The number of primary amides is 2. The highest BCUT2D eigenvalue weighted by atomic mass is 28.5. The third-order valence-corrected chi connectivity index (χ3v) is 9.10. The number of nitrogens with two attached hydrogens (primary N) is 4. The van der Waals surface area contributed by atoms with Crippen molar-refractivity contribution in [3.63, 3.8) is 0 Å². The van der Waals surface area contributed by atoms with Crippen molar-refractivity contribution in [3.8, 4) is 11.5 Å². The van der Waals surface area contributed by atoms with E-state index < -0.39 is 40.9 Å². The summed E-state index contributed by atoms with van der Waals surface area (Å²) in [6.07, 6.45) is 2.93. The van der Waals surface area contributed by atoms with Crippen molar-refractivity contribution in [2.75, 3.05) is 11.5 Å². The third kappa shape index (κ3) is 19.2. The number of amides is 2. The lowest BCUT2D eigenvalue weighted by Gasteiger charge is -2.33. The Kier molecular flexibility index (Phi) is 14.4. The van der Waals surface area contributed by atoms with E-state index in [0.29, 0.717) is 23.5 Å². The van der Waals surface area contributed by atoms with Gasteiger partial charge >= 0.3 is 29.1 Å². The fraction of sp³-hybridized carbons (Fsp3) is 0.167. The molecule has 13 nitrogen and oxygen atoms in total. The topological polar surface area (TPSA) is 241 Å². The number of benzene rings is 2. The molecule has 0 fully saturated rings. The second kappa shape index (κ2) is 16.3. The zero-order valence-corrected chi connectivity index (χ0v) is 24.0. The number of rotatable bonds is 10. The Morgan fingerprint density at radius 2 is 1.00 bits per heavy atom. The van der Waals surface area contributed by atoms with Crippen LogP contribution >= 0.6 is 0 Å². The Morgan fingerprint density at radius 1 is 0.667 bits per heavy atom. The molecule has 0 aromatic heterocycles. The van der Waals surface area contributed by atoms with E-state index >= 15 is 0 Å². The van der Waals surface area contributed by atoms with Gasteiger partial charge in [-0.25, -0.2) is 9.59 Å². The monoisotopic (exact) mass is 578 g/mol. The van der Waals surface area contributed by atoms with Gasteiger partial charge in [0, 0.05) is 47.8 Å². The lowest BCUT2D eigenvalue weighted by Crippen LogP contribution is -2.52. The van der Waals surface area contributed by atoms with E-state index in [-0.39, 0.29) is 0 Å². The third-order valence-electron chi connectivity index (χ3n) is 3.72. The number of carbonyl (C=O) groups is 4. The second-order valence-corrected chi connectivity index (χ2v) is 15.2. The summed E-state index contributed by atoms with van der Waals surface area (Å²) in [6, 6.07) is 14.7. The number of aliphatic carboxylic acids is 2. The predicted molar refractivity (Wildman–Crippen MR) is 151 cm³/mol. The van der Waals surface area contributed by atoms with Gasteiger partial charge in [0.15, 0.2) is 0 Å². The highest BCUT2D eigenvalue weighted by Crippen LogP contribution is 2.25. The van der Waals surface area contributed by atoms with Crippen molar-refractivity contribution in [3.05, 3.63) is 72.8 Å². The van der Waals surface area contributed by atoms with E-state index in [4.69, 9.17) is 34.6 Å². The van der Waals surface area contributed by atoms with Crippen LogP contribution in [0, 0.1) is 0 Å². The van der Waals surface area contributed by atoms with Crippen molar-refractivity contribution in [2.24, 2.45) is 11.5 Å². The first-order chi connectivity index (χ1) is 17.9. The summed E-state index contributed by atoms with van der Waals surface area (Å²) >= 11 is 0. The molecule has 0 aliphatic rings. The van der Waals surface area contributed by atoms with Gasteiger partial charge in [-0.15, -0.1) is 0 Å². The highest BCUT2D eigenvalue weighted by Gasteiger charge is 2.39. The number of hydrogen-bond acceptors (Lipinski definition) is 9. The standard InChI is InChI=1S/C16H24N2O3Si2.2C4H5NO3/c1-22(2,19-15-9-5-7-13(17)11-15)21-23(3,4)20-16-10-6-8-14(18)12-16;2*5-3(6)1-2-4(7)8/h5-12H,17-18H2,1-4H3;2*1-2H,(H2,5,6)(H,7,8)/b;2*2-1-. The summed E-state index contributed by atoms with van der Waals surface area (Å²) in [7, 11) is -4.84. The first kappa shape index (κ1) is 34.4. The van der Waals surface area contributed by atoms with Crippen LogP contribution < -0.4 is 31.8 Å². The van der Waals surface area contributed by atoms with E-state index in [1.165, 1.54) is 0 Å². The molecule has 0 radical (unpaired) electrons. The number of carboxylic acid groups (broad SMARTS) is 2. The number of nitrogen functional groups attached to an aromatic ring is 2. The minimum Gasteiger partial charge on any atom is -0.521 e. The van der Waals surface area contributed by atoms with Gasteiger partial charge < -0.3 is 46.1 Å². The molecule has 2 rings (SSSR count). The Labute approximate surface area is 228 Å². The number of carbonyl (C=O) groups excluding carboxylic acids is 2. The number of anilines is 2. The van der Waals surface area contributed by atoms with Crippen molar-refractivity contribution in [2.45, 2.75) is 26.2 Å². The molecule has 0 saturated carbocycles. The van der Waals surface area contributed by atoms with Gasteiger partial charge in [-0.2, -0.15) is 0 Å². The minimum atomic E-state index is -2.42. The maximum absolute atomic E-state index is 9.78. The first-order valence-corrected chi connectivity index (χ1v) is 16.7. The molecule has 0 aliphatic carbocycles. The van der Waals surface area contributed by atoms with Crippen molar-refractivity contribution in [1.82, 2.24) is 0 Å². The van der Waals surface area contributed by atoms with Gasteiger partial charge in [0.1, 0.15) is 11.5 Å². The molecule has 0 saturated heterocycles. The van der Waals surface area contributed by atoms with Gasteiger partial charge in [-0.3, -0.25) is 9.59 Å². The minimum absolute atomic E-state index is 0.666. The predicted octanol–water partition coefficient (Wildman–Crippen LogP) is 1.95. The number of carboxylic acids is 2. The molecule has 0 spiro atoms.